The van der Waals surface area contributed by atoms with Gasteiger partial charge in [0.15, 0.2) is 0 Å². The van der Waals surface area contributed by atoms with E-state index in [4.69, 9.17) is 0 Å². The first-order chi connectivity index (χ1) is 11.0. The van der Waals surface area contributed by atoms with Crippen LogP contribution in [0.25, 0.3) is 0 Å². The molecule has 2 nitrogen and oxygen atoms in total. The normalized spacial score (nSPS) is 97.4. The van der Waals surface area contributed by atoms with Crippen LogP contribution in [-0.2, 0) is 10.8 Å². The fourth-order valence-corrected chi connectivity index (χ4v) is 103. The van der Waals surface area contributed by atoms with Gasteiger partial charge >= 0.3 is 126 Å². The van der Waals surface area contributed by atoms with Crippen LogP contribution in [0.2, 0.25) is 42.3 Å². The third-order valence-corrected chi connectivity index (χ3v) is 62.9. The number of fused-ring (bicyclic) bond motifs is 10. The van der Waals surface area contributed by atoms with Gasteiger partial charge in [-0.2, -0.15) is 0 Å². The van der Waals surface area contributed by atoms with E-state index in [2.05, 4.69) is 43.6 Å². The standard InChI is InChI=1S/C15H18NO.C5H5.Fe/c1-3-11-9-10-13(12(11)4-2)14-7-5-6-8-15(14)16-17;1-2-4-5-3-1;/h5-10,16-17H,3-4H2,1-2H3;1-5H;. The average Bonchev–Trinajstić information content (AvgIpc) is 3.54. The van der Waals surface area contributed by atoms with Crippen molar-refractivity contribution in [3.05, 3.63) is 29.8 Å². The predicted octanol–water partition coefficient (Wildman–Crippen LogP) is 5.84. The number of para-hydroxylation sites is 1. The fraction of sp³-hybridized carbons (Fsp3) is 0.700. The molecule has 10 fully saturated rings. The van der Waals surface area contributed by atoms with E-state index in [1.165, 1.54) is 46.6 Å². The molecular formula is C20H23FeNO. The number of rotatable bonds is 4. The molecule has 0 radical (unpaired) electrons. The third-order valence-electron chi connectivity index (χ3n) is 18.1. The molecule has 122 valence electrons. The summed E-state index contributed by atoms with van der Waals surface area (Å²) in [6, 6.07) is 8.93. The van der Waals surface area contributed by atoms with Gasteiger partial charge in [-0.05, 0) is 0 Å². The number of benzene rings is 1. The maximum atomic E-state index is 9.86. The molecule has 5 unspecified atom stereocenters. The second-order valence-corrected chi connectivity index (χ2v) is 35.6. The van der Waals surface area contributed by atoms with Crippen molar-refractivity contribution in [3.63, 3.8) is 0 Å². The molecule has 0 amide bonds. The van der Waals surface area contributed by atoms with E-state index >= 15 is 0 Å². The summed E-state index contributed by atoms with van der Waals surface area (Å²) < 4.78 is 2.41. The number of hydrogen-bond acceptors (Lipinski definition) is 2. The quantitative estimate of drug-likeness (QED) is 0.528. The van der Waals surface area contributed by atoms with Crippen molar-refractivity contribution in [1.29, 1.82) is 0 Å². The topological polar surface area (TPSA) is 32.3 Å². The zero-order chi connectivity index (χ0) is 15.0. The van der Waals surface area contributed by atoms with Crippen LogP contribution in [0, 0.1) is 0 Å². The molecule has 10 saturated heterocycles. The molecule has 10 aliphatic heterocycles. The van der Waals surface area contributed by atoms with Crippen molar-refractivity contribution in [2.75, 3.05) is 5.48 Å². The van der Waals surface area contributed by atoms with Crippen LogP contribution >= 0.6 is 0 Å². The summed E-state index contributed by atoms with van der Waals surface area (Å²) in [7, 11) is 0. The number of hydrogen-bond donors (Lipinski definition) is 2. The molecule has 1 aromatic carbocycles. The molecule has 10 aliphatic rings. The molecule has 0 saturated carbocycles. The molecule has 3 heteroatoms. The predicted molar refractivity (Wildman–Crippen MR) is 85.7 cm³/mol. The van der Waals surface area contributed by atoms with Crippen molar-refractivity contribution in [3.8, 4) is 0 Å². The molecule has 1 spiro atoms. The second kappa shape index (κ2) is 0.970. The Kier molecular flexibility index (Phi) is 0.415. The third kappa shape index (κ3) is 0.116. The first-order valence-corrected chi connectivity index (χ1v) is 15.8. The van der Waals surface area contributed by atoms with Crippen molar-refractivity contribution >= 4 is 5.69 Å². The molecule has 0 aliphatic carbocycles. The molecule has 5 atom stereocenters. The van der Waals surface area contributed by atoms with Gasteiger partial charge in [0.05, 0.1) is 0 Å². The molecule has 11 rings (SSSR count). The van der Waals surface area contributed by atoms with Gasteiger partial charge in [0.25, 0.3) is 0 Å². The summed E-state index contributed by atoms with van der Waals surface area (Å²) in [5, 5.41) is 9.86. The van der Waals surface area contributed by atoms with E-state index < -0.39 is 6.51 Å². The zero-order valence-electron chi connectivity index (χ0n) is 13.6. The Morgan fingerprint density at radius 1 is 1.00 bits per heavy atom. The van der Waals surface area contributed by atoms with Crippen LogP contribution in [0.1, 0.15) is 32.3 Å². The van der Waals surface area contributed by atoms with Gasteiger partial charge in [-0.25, -0.2) is 0 Å². The van der Waals surface area contributed by atoms with E-state index in [9.17, 15) is 5.21 Å². The number of anilines is 1. The minimum atomic E-state index is -3.47. The SMILES string of the molecule is CC[C]12[CH]3[CH]4[C]5(c6ccccc6NO)[C]1(CC)[Fe]34251678[CH]2[CH]1[CH]6[CH]7[CH]28. The van der Waals surface area contributed by atoms with Gasteiger partial charge in [0, 0.05) is 0 Å². The van der Waals surface area contributed by atoms with E-state index in [0.717, 1.165) is 14.3 Å². The van der Waals surface area contributed by atoms with Crippen molar-refractivity contribution in [2.45, 2.75) is 73.3 Å². The van der Waals surface area contributed by atoms with Crippen LogP contribution in [0.4, 0.5) is 5.69 Å². The van der Waals surface area contributed by atoms with Gasteiger partial charge in [0.1, 0.15) is 0 Å². The summed E-state index contributed by atoms with van der Waals surface area (Å²) >= 11 is 0. The Bertz CT molecular complexity index is 1340. The summed E-state index contributed by atoms with van der Waals surface area (Å²) in [6.07, 6.45) is 3.02. The van der Waals surface area contributed by atoms with Crippen molar-refractivity contribution < 1.29 is 11.7 Å². The first kappa shape index (κ1) is 9.85. The van der Waals surface area contributed by atoms with Crippen molar-refractivity contribution in [2.24, 2.45) is 0 Å². The molecule has 23 heavy (non-hydrogen) atoms. The van der Waals surface area contributed by atoms with Crippen LogP contribution in [0.15, 0.2) is 24.3 Å². The van der Waals surface area contributed by atoms with E-state index in [1.807, 2.05) is 0 Å². The Balaban J connectivity index is 1.50. The van der Waals surface area contributed by atoms with Crippen LogP contribution in [0.5, 0.6) is 0 Å². The van der Waals surface area contributed by atoms with Crippen LogP contribution in [0.3, 0.4) is 0 Å². The Morgan fingerprint density at radius 3 is 2.13 bits per heavy atom. The molecule has 0 aromatic heterocycles. The molecule has 1 aromatic rings. The maximum absolute atomic E-state index is 9.86. The minimum absolute atomic E-state index is 0.665. The second-order valence-electron chi connectivity index (χ2n) is 12.5. The summed E-state index contributed by atoms with van der Waals surface area (Å²) in [5.74, 6) is 0. The number of nitrogens with one attached hydrogen (secondary N) is 1. The first-order valence-electron chi connectivity index (χ1n) is 9.71. The van der Waals surface area contributed by atoms with Gasteiger partial charge in [-0.3, -0.25) is 0 Å². The molecule has 0 bridgehead atoms. The molecule has 10 heterocycles. The molecule has 2 N–H and O–H groups in total. The summed E-state index contributed by atoms with van der Waals surface area (Å²) in [5.41, 5.74) is 5.30. The fourth-order valence-electron chi connectivity index (χ4n) is 21.7. The Hall–Kier alpha value is -0.501. The van der Waals surface area contributed by atoms with Crippen molar-refractivity contribution in [1.82, 2.24) is 0 Å². The van der Waals surface area contributed by atoms with E-state index in [1.54, 1.807) is 5.56 Å². The zero-order valence-corrected chi connectivity index (χ0v) is 14.7. The van der Waals surface area contributed by atoms with Crippen LogP contribution in [-0.4, -0.2) is 5.21 Å². The van der Waals surface area contributed by atoms with Gasteiger partial charge in [0.2, 0.25) is 0 Å². The summed E-state index contributed by atoms with van der Waals surface area (Å²) in [4.78, 5) is 9.03. The monoisotopic (exact) mass is 349 g/mol. The summed E-state index contributed by atoms with van der Waals surface area (Å²) in [6.45, 7) is 1.66. The average molecular weight is 349 g/mol. The molecular weight excluding hydrogens is 326 g/mol. The Labute approximate surface area is 126 Å². The van der Waals surface area contributed by atoms with E-state index in [0.29, 0.717) is 4.31 Å². The van der Waals surface area contributed by atoms with E-state index in [-0.39, 0.29) is 0 Å². The van der Waals surface area contributed by atoms with Gasteiger partial charge in [-0.1, -0.05) is 0 Å². The Morgan fingerprint density at radius 2 is 1.65 bits per heavy atom. The van der Waals surface area contributed by atoms with Gasteiger partial charge in [-0.15, -0.1) is 0 Å². The van der Waals surface area contributed by atoms with Crippen LogP contribution < -0.4 is 5.48 Å². The van der Waals surface area contributed by atoms with Gasteiger partial charge < -0.3 is 0 Å².